The van der Waals surface area contributed by atoms with Gasteiger partial charge in [-0.15, -0.1) is 0 Å². The van der Waals surface area contributed by atoms with Crippen LogP contribution in [0.2, 0.25) is 0 Å². The van der Waals surface area contributed by atoms with E-state index in [9.17, 15) is 4.79 Å². The average Bonchev–Trinajstić information content (AvgIpc) is 2.55. The maximum Gasteiger partial charge on any atom is 0.333 e. The quantitative estimate of drug-likeness (QED) is 0.505. The van der Waals surface area contributed by atoms with Crippen LogP contribution in [-0.2, 0) is 16.0 Å². The molecule has 0 aliphatic carbocycles. The number of hydrogen-bond donors (Lipinski definition) is 0. The van der Waals surface area contributed by atoms with E-state index in [0.29, 0.717) is 17.8 Å². The molecule has 3 nitrogen and oxygen atoms in total. The summed E-state index contributed by atoms with van der Waals surface area (Å²) < 4.78 is 9.51. The van der Waals surface area contributed by atoms with E-state index in [1.807, 2.05) is 0 Å². The zero-order chi connectivity index (χ0) is 8.97. The molecule has 0 bridgehead atoms. The van der Waals surface area contributed by atoms with Crippen LogP contribution in [0.15, 0.2) is 35.0 Å². The number of methoxy groups -OCH3 is 1. The van der Waals surface area contributed by atoms with Crippen LogP contribution < -0.4 is 0 Å². The van der Waals surface area contributed by atoms with Crippen LogP contribution in [-0.4, -0.2) is 13.1 Å². The first-order valence-corrected chi connectivity index (χ1v) is 3.52. The Morgan fingerprint density at radius 3 is 3.00 bits per heavy atom. The molecule has 0 radical (unpaired) electrons. The summed E-state index contributed by atoms with van der Waals surface area (Å²) in [5.74, 6) is 0.316. The van der Waals surface area contributed by atoms with Crippen LogP contribution in [0.5, 0.6) is 0 Å². The number of hydrogen-bond acceptors (Lipinski definition) is 3. The first-order valence-electron chi connectivity index (χ1n) is 3.52. The van der Waals surface area contributed by atoms with Crippen molar-refractivity contribution in [1.29, 1.82) is 0 Å². The van der Waals surface area contributed by atoms with Gasteiger partial charge in [-0.1, -0.05) is 6.58 Å². The van der Waals surface area contributed by atoms with Gasteiger partial charge >= 0.3 is 5.97 Å². The Morgan fingerprint density at radius 1 is 1.75 bits per heavy atom. The van der Waals surface area contributed by atoms with Crippen LogP contribution >= 0.6 is 0 Å². The molecule has 0 atom stereocenters. The molecule has 1 heterocycles. The van der Waals surface area contributed by atoms with Gasteiger partial charge in [0, 0.05) is 12.0 Å². The predicted molar refractivity (Wildman–Crippen MR) is 43.6 cm³/mol. The van der Waals surface area contributed by atoms with Gasteiger partial charge in [0.15, 0.2) is 0 Å². The van der Waals surface area contributed by atoms with Gasteiger partial charge < -0.3 is 9.15 Å². The van der Waals surface area contributed by atoms with E-state index < -0.39 is 5.97 Å². The zero-order valence-electron chi connectivity index (χ0n) is 6.87. The summed E-state index contributed by atoms with van der Waals surface area (Å²) in [6.45, 7) is 3.57. The summed E-state index contributed by atoms with van der Waals surface area (Å²) in [4.78, 5) is 10.9. The lowest BCUT2D eigenvalue weighted by atomic mass is 10.2. The lowest BCUT2D eigenvalue weighted by Gasteiger charge is -1.99. The molecule has 12 heavy (non-hydrogen) atoms. The third-order valence-electron chi connectivity index (χ3n) is 1.44. The van der Waals surface area contributed by atoms with Crippen LogP contribution in [0, 0.1) is 0 Å². The summed E-state index contributed by atoms with van der Waals surface area (Å²) in [7, 11) is 1.33. The summed E-state index contributed by atoms with van der Waals surface area (Å²) in [5, 5.41) is 0. The van der Waals surface area contributed by atoms with E-state index in [2.05, 4.69) is 11.3 Å². The second-order valence-corrected chi connectivity index (χ2v) is 2.35. The molecule has 0 fully saturated rings. The fourth-order valence-electron chi connectivity index (χ4n) is 0.840. The molecule has 0 saturated heterocycles. The molecule has 0 amide bonds. The zero-order valence-corrected chi connectivity index (χ0v) is 6.87. The highest BCUT2D eigenvalue weighted by Gasteiger charge is 2.08. The van der Waals surface area contributed by atoms with Crippen LogP contribution in [0.3, 0.4) is 0 Å². The first kappa shape index (κ1) is 8.59. The fourth-order valence-corrected chi connectivity index (χ4v) is 0.840. The van der Waals surface area contributed by atoms with Crippen molar-refractivity contribution in [3.8, 4) is 0 Å². The van der Waals surface area contributed by atoms with Gasteiger partial charge in [0.05, 0.1) is 13.4 Å². The smallest absolute Gasteiger partial charge is 0.333 e. The molecule has 1 rings (SSSR count). The van der Waals surface area contributed by atoms with Crippen LogP contribution in [0.4, 0.5) is 0 Å². The highest BCUT2D eigenvalue weighted by molar-refractivity contribution is 5.87. The molecule has 0 aliphatic heterocycles. The van der Waals surface area contributed by atoms with Gasteiger partial charge in [-0.2, -0.15) is 0 Å². The van der Waals surface area contributed by atoms with Crippen LogP contribution in [0.25, 0.3) is 0 Å². The molecule has 1 aromatic heterocycles. The van der Waals surface area contributed by atoms with Crippen molar-refractivity contribution >= 4 is 5.97 Å². The molecule has 0 spiro atoms. The van der Waals surface area contributed by atoms with Gasteiger partial charge in [0.1, 0.15) is 5.76 Å². The Kier molecular flexibility index (Phi) is 2.69. The molecule has 0 aliphatic rings. The molecule has 3 heteroatoms. The standard InChI is InChI=1S/C9H10O3/c1-7(9(10)11-2)6-8-4-3-5-12-8/h3-5H,1,6H2,2H3. The second kappa shape index (κ2) is 3.76. The summed E-state index contributed by atoms with van der Waals surface area (Å²) in [5.41, 5.74) is 0.396. The normalized spacial score (nSPS) is 9.42. The Balaban J connectivity index is 2.53. The average molecular weight is 166 g/mol. The number of carbonyl (C=O) groups excluding carboxylic acids is 1. The van der Waals surface area contributed by atoms with E-state index in [1.54, 1.807) is 18.4 Å². The van der Waals surface area contributed by atoms with Gasteiger partial charge in [-0.05, 0) is 12.1 Å². The molecule has 0 saturated carbocycles. The maximum atomic E-state index is 10.9. The Bertz CT molecular complexity index is 272. The topological polar surface area (TPSA) is 39.4 Å². The number of rotatable bonds is 3. The van der Waals surface area contributed by atoms with E-state index in [-0.39, 0.29) is 0 Å². The molecular weight excluding hydrogens is 156 g/mol. The number of esters is 1. The van der Waals surface area contributed by atoms with Crippen molar-refractivity contribution in [1.82, 2.24) is 0 Å². The molecule has 1 aromatic rings. The van der Waals surface area contributed by atoms with Crippen molar-refractivity contribution < 1.29 is 13.9 Å². The van der Waals surface area contributed by atoms with Crippen molar-refractivity contribution in [2.24, 2.45) is 0 Å². The Morgan fingerprint density at radius 2 is 2.50 bits per heavy atom. The lowest BCUT2D eigenvalue weighted by Crippen LogP contribution is -2.05. The van der Waals surface area contributed by atoms with Crippen molar-refractivity contribution in [3.63, 3.8) is 0 Å². The largest absolute Gasteiger partial charge is 0.469 e. The Labute approximate surface area is 70.6 Å². The molecule has 0 N–H and O–H groups in total. The summed E-state index contributed by atoms with van der Waals surface area (Å²) in [6.07, 6.45) is 1.96. The highest BCUT2D eigenvalue weighted by Crippen LogP contribution is 2.07. The van der Waals surface area contributed by atoms with Crippen molar-refractivity contribution in [2.45, 2.75) is 6.42 Å². The third kappa shape index (κ3) is 1.99. The van der Waals surface area contributed by atoms with Crippen molar-refractivity contribution in [3.05, 3.63) is 36.3 Å². The Hall–Kier alpha value is -1.51. The molecule has 0 unspecified atom stereocenters. The minimum absolute atomic E-state index is 0.396. The van der Waals surface area contributed by atoms with E-state index >= 15 is 0 Å². The first-order chi connectivity index (χ1) is 5.74. The monoisotopic (exact) mass is 166 g/mol. The highest BCUT2D eigenvalue weighted by atomic mass is 16.5. The third-order valence-corrected chi connectivity index (χ3v) is 1.44. The van der Waals surface area contributed by atoms with E-state index in [4.69, 9.17) is 4.42 Å². The summed E-state index contributed by atoms with van der Waals surface area (Å²) >= 11 is 0. The lowest BCUT2D eigenvalue weighted by molar-refractivity contribution is -0.136. The predicted octanol–water partition coefficient (Wildman–Crippen LogP) is 1.55. The minimum Gasteiger partial charge on any atom is -0.469 e. The fraction of sp³-hybridized carbons (Fsp3) is 0.222. The van der Waals surface area contributed by atoms with Gasteiger partial charge in [0.25, 0.3) is 0 Å². The summed E-state index contributed by atoms with van der Waals surface area (Å²) in [6, 6.07) is 3.55. The van der Waals surface area contributed by atoms with E-state index in [0.717, 1.165) is 0 Å². The molecule has 0 aromatic carbocycles. The second-order valence-electron chi connectivity index (χ2n) is 2.35. The number of carbonyl (C=O) groups is 1. The van der Waals surface area contributed by atoms with Gasteiger partial charge in [-0.3, -0.25) is 0 Å². The number of ether oxygens (including phenoxy) is 1. The van der Waals surface area contributed by atoms with E-state index in [1.165, 1.54) is 7.11 Å². The molecular formula is C9H10O3. The van der Waals surface area contributed by atoms with Crippen molar-refractivity contribution in [2.75, 3.05) is 7.11 Å². The SMILES string of the molecule is C=C(Cc1ccco1)C(=O)OC. The van der Waals surface area contributed by atoms with Gasteiger partial charge in [0.2, 0.25) is 0 Å². The maximum absolute atomic E-state index is 10.9. The molecule has 64 valence electrons. The minimum atomic E-state index is -0.397. The van der Waals surface area contributed by atoms with Gasteiger partial charge in [-0.25, -0.2) is 4.79 Å². The van der Waals surface area contributed by atoms with Crippen LogP contribution in [0.1, 0.15) is 5.76 Å². The number of furan rings is 1.